The molecule has 21 heavy (non-hydrogen) atoms. The van der Waals surface area contributed by atoms with Crippen molar-refractivity contribution >= 4 is 17.4 Å². The van der Waals surface area contributed by atoms with Gasteiger partial charge in [-0.3, -0.25) is 14.9 Å². The Kier molecular flexibility index (Phi) is 4.37. The summed E-state index contributed by atoms with van der Waals surface area (Å²) in [4.78, 5) is 26.4. The van der Waals surface area contributed by atoms with Gasteiger partial charge in [0.25, 0.3) is 11.6 Å². The summed E-state index contributed by atoms with van der Waals surface area (Å²) in [7, 11) is 3.24. The number of ether oxygens (including phenoxy) is 1. The number of carbonyl (C=O) groups is 1. The molecule has 1 fully saturated rings. The molecule has 1 aromatic heterocycles. The monoisotopic (exact) mass is 294 g/mol. The SMILES string of the molecule is CNc1cc(C(=O)NCC2(OC)CCC2)c([N+](=O)[O-])cn1. The smallest absolute Gasteiger partial charge is 0.300 e. The maximum Gasteiger partial charge on any atom is 0.300 e. The molecule has 114 valence electrons. The highest BCUT2D eigenvalue weighted by Crippen LogP contribution is 2.34. The molecule has 2 rings (SSSR count). The van der Waals surface area contributed by atoms with Crippen LogP contribution >= 0.6 is 0 Å². The van der Waals surface area contributed by atoms with E-state index in [0.29, 0.717) is 12.4 Å². The van der Waals surface area contributed by atoms with E-state index in [2.05, 4.69) is 15.6 Å². The van der Waals surface area contributed by atoms with E-state index in [9.17, 15) is 14.9 Å². The van der Waals surface area contributed by atoms with Crippen LogP contribution in [0.5, 0.6) is 0 Å². The van der Waals surface area contributed by atoms with Gasteiger partial charge in [0.2, 0.25) is 0 Å². The highest BCUT2D eigenvalue weighted by molar-refractivity contribution is 5.98. The summed E-state index contributed by atoms with van der Waals surface area (Å²) in [6.45, 7) is 0.344. The lowest BCUT2D eigenvalue weighted by Crippen LogP contribution is -2.49. The second kappa shape index (κ2) is 6.04. The minimum absolute atomic E-state index is 0.00933. The maximum absolute atomic E-state index is 12.2. The number of rotatable bonds is 6. The Morgan fingerprint density at radius 1 is 1.57 bits per heavy atom. The average molecular weight is 294 g/mol. The third-order valence-electron chi connectivity index (χ3n) is 3.85. The zero-order chi connectivity index (χ0) is 15.5. The molecule has 0 spiro atoms. The summed E-state index contributed by atoms with van der Waals surface area (Å²) < 4.78 is 5.41. The van der Waals surface area contributed by atoms with Crippen LogP contribution in [0.4, 0.5) is 11.5 Å². The van der Waals surface area contributed by atoms with Gasteiger partial charge in [-0.1, -0.05) is 0 Å². The van der Waals surface area contributed by atoms with Gasteiger partial charge in [0, 0.05) is 26.8 Å². The highest BCUT2D eigenvalue weighted by Gasteiger charge is 2.37. The van der Waals surface area contributed by atoms with Crippen LogP contribution in [-0.4, -0.2) is 42.1 Å². The standard InChI is InChI=1S/C13H18N4O4/c1-14-11-6-9(10(7-15-11)17(19)20)12(18)16-8-13(21-2)4-3-5-13/h6-7H,3-5,8H2,1-2H3,(H,14,15)(H,16,18). The summed E-state index contributed by atoms with van der Waals surface area (Å²) in [5, 5.41) is 16.5. The van der Waals surface area contributed by atoms with Crippen molar-refractivity contribution in [2.24, 2.45) is 0 Å². The predicted molar refractivity (Wildman–Crippen MR) is 76.4 cm³/mol. The average Bonchev–Trinajstić information content (AvgIpc) is 2.45. The van der Waals surface area contributed by atoms with Crippen LogP contribution in [0.2, 0.25) is 0 Å². The molecule has 0 unspecified atom stereocenters. The number of anilines is 1. The summed E-state index contributed by atoms with van der Waals surface area (Å²) in [6.07, 6.45) is 3.90. The van der Waals surface area contributed by atoms with Crippen LogP contribution in [0.15, 0.2) is 12.3 Å². The molecule has 8 heteroatoms. The first-order chi connectivity index (χ1) is 10.0. The molecule has 1 saturated carbocycles. The van der Waals surface area contributed by atoms with Crippen molar-refractivity contribution in [2.75, 3.05) is 26.0 Å². The maximum atomic E-state index is 12.2. The summed E-state index contributed by atoms with van der Waals surface area (Å²) >= 11 is 0. The van der Waals surface area contributed by atoms with Gasteiger partial charge in [-0.05, 0) is 19.3 Å². The third-order valence-corrected chi connectivity index (χ3v) is 3.85. The lowest BCUT2D eigenvalue weighted by molar-refractivity contribution is -0.385. The zero-order valence-electron chi connectivity index (χ0n) is 12.0. The van der Waals surface area contributed by atoms with E-state index < -0.39 is 10.8 Å². The Bertz CT molecular complexity index is 552. The predicted octanol–water partition coefficient (Wildman–Crippen LogP) is 1.33. The van der Waals surface area contributed by atoms with Crippen LogP contribution < -0.4 is 10.6 Å². The van der Waals surface area contributed by atoms with Crippen LogP contribution in [0.3, 0.4) is 0 Å². The van der Waals surface area contributed by atoms with Crippen LogP contribution in [0.25, 0.3) is 0 Å². The lowest BCUT2D eigenvalue weighted by atomic mass is 9.80. The molecular weight excluding hydrogens is 276 g/mol. The van der Waals surface area contributed by atoms with Gasteiger partial charge in [-0.2, -0.15) is 0 Å². The van der Waals surface area contributed by atoms with E-state index in [4.69, 9.17) is 4.74 Å². The second-order valence-corrected chi connectivity index (χ2v) is 5.02. The molecular formula is C13H18N4O4. The number of methoxy groups -OCH3 is 1. The van der Waals surface area contributed by atoms with Gasteiger partial charge >= 0.3 is 0 Å². The van der Waals surface area contributed by atoms with Crippen molar-refractivity contribution in [1.82, 2.24) is 10.3 Å². The summed E-state index contributed by atoms with van der Waals surface area (Å²) in [5.41, 5.74) is -0.653. The number of hydrogen-bond donors (Lipinski definition) is 2. The van der Waals surface area contributed by atoms with Crippen molar-refractivity contribution in [2.45, 2.75) is 24.9 Å². The second-order valence-electron chi connectivity index (χ2n) is 5.02. The number of amides is 1. The Morgan fingerprint density at radius 3 is 2.76 bits per heavy atom. The molecule has 1 heterocycles. The number of carbonyl (C=O) groups excluding carboxylic acids is 1. The first-order valence-corrected chi connectivity index (χ1v) is 6.67. The largest absolute Gasteiger partial charge is 0.376 e. The molecule has 0 saturated heterocycles. The van der Waals surface area contributed by atoms with E-state index in [-0.39, 0.29) is 16.9 Å². The number of nitrogens with one attached hydrogen (secondary N) is 2. The van der Waals surface area contributed by atoms with Crippen LogP contribution in [-0.2, 0) is 4.74 Å². The zero-order valence-corrected chi connectivity index (χ0v) is 12.0. The quantitative estimate of drug-likeness (QED) is 0.605. The Morgan fingerprint density at radius 2 is 2.29 bits per heavy atom. The molecule has 0 aromatic carbocycles. The van der Waals surface area contributed by atoms with Gasteiger partial charge in [0.1, 0.15) is 17.6 Å². The number of pyridine rings is 1. The number of hydrogen-bond acceptors (Lipinski definition) is 6. The fourth-order valence-electron chi connectivity index (χ4n) is 2.27. The van der Waals surface area contributed by atoms with E-state index >= 15 is 0 Å². The van der Waals surface area contributed by atoms with Gasteiger partial charge in [-0.25, -0.2) is 4.98 Å². The van der Waals surface area contributed by atoms with Crippen molar-refractivity contribution in [3.63, 3.8) is 0 Å². The molecule has 8 nitrogen and oxygen atoms in total. The van der Waals surface area contributed by atoms with Gasteiger partial charge < -0.3 is 15.4 Å². The molecule has 0 radical (unpaired) electrons. The third kappa shape index (κ3) is 3.10. The minimum atomic E-state index is -0.614. The van der Waals surface area contributed by atoms with E-state index in [1.807, 2.05) is 0 Å². The number of nitro groups is 1. The molecule has 0 aliphatic heterocycles. The highest BCUT2D eigenvalue weighted by atomic mass is 16.6. The Labute approximate surface area is 122 Å². The Hall–Kier alpha value is -2.22. The topological polar surface area (TPSA) is 106 Å². The molecule has 0 atom stereocenters. The molecule has 0 bridgehead atoms. The van der Waals surface area contributed by atoms with Crippen molar-refractivity contribution < 1.29 is 14.5 Å². The normalized spacial score (nSPS) is 15.9. The van der Waals surface area contributed by atoms with Crippen molar-refractivity contribution in [3.05, 3.63) is 27.9 Å². The molecule has 1 aliphatic carbocycles. The summed E-state index contributed by atoms with van der Waals surface area (Å²) in [5.74, 6) is -0.0974. The fraction of sp³-hybridized carbons (Fsp3) is 0.538. The van der Waals surface area contributed by atoms with E-state index in [0.717, 1.165) is 25.5 Å². The first kappa shape index (κ1) is 15.2. The molecule has 2 N–H and O–H groups in total. The van der Waals surface area contributed by atoms with Crippen molar-refractivity contribution in [3.8, 4) is 0 Å². The van der Waals surface area contributed by atoms with Gasteiger partial charge in [0.15, 0.2) is 0 Å². The lowest BCUT2D eigenvalue weighted by Gasteiger charge is -2.40. The van der Waals surface area contributed by atoms with Crippen LogP contribution in [0, 0.1) is 10.1 Å². The number of nitrogens with zero attached hydrogens (tertiary/aromatic N) is 2. The number of aromatic nitrogens is 1. The molecule has 1 amide bonds. The molecule has 1 aliphatic rings. The minimum Gasteiger partial charge on any atom is -0.376 e. The van der Waals surface area contributed by atoms with Crippen molar-refractivity contribution in [1.29, 1.82) is 0 Å². The molecule has 1 aromatic rings. The van der Waals surface area contributed by atoms with E-state index in [1.165, 1.54) is 6.07 Å². The summed E-state index contributed by atoms with van der Waals surface area (Å²) in [6, 6.07) is 1.37. The van der Waals surface area contributed by atoms with E-state index in [1.54, 1.807) is 14.2 Å². The fourth-order valence-corrected chi connectivity index (χ4v) is 2.27. The first-order valence-electron chi connectivity index (χ1n) is 6.67. The van der Waals surface area contributed by atoms with Gasteiger partial charge in [0.05, 0.1) is 10.5 Å². The van der Waals surface area contributed by atoms with Gasteiger partial charge in [-0.15, -0.1) is 0 Å². The Balaban J connectivity index is 2.15. The van der Waals surface area contributed by atoms with Crippen LogP contribution in [0.1, 0.15) is 29.6 Å².